The van der Waals surface area contributed by atoms with Crippen molar-refractivity contribution in [3.05, 3.63) is 36.0 Å². The fraction of sp³-hybridized carbons (Fsp3) is 0.471. The van der Waals surface area contributed by atoms with Gasteiger partial charge in [-0.2, -0.15) is 0 Å². The van der Waals surface area contributed by atoms with Crippen LogP contribution in [0.3, 0.4) is 0 Å². The van der Waals surface area contributed by atoms with E-state index in [1.165, 1.54) is 17.2 Å². The highest BCUT2D eigenvalue weighted by atomic mass is 127. The zero-order valence-corrected chi connectivity index (χ0v) is 18.2. The van der Waals surface area contributed by atoms with Crippen LogP contribution in [-0.2, 0) is 16.3 Å². The fourth-order valence-electron chi connectivity index (χ4n) is 2.30. The number of rotatable bonds is 6. The highest BCUT2D eigenvalue weighted by molar-refractivity contribution is 14.0. The molecule has 0 aliphatic rings. The molecular formula is C17H27IN4O2S. The number of H-pyrrole nitrogens is 1. The van der Waals surface area contributed by atoms with Crippen molar-refractivity contribution >= 4 is 50.7 Å². The van der Waals surface area contributed by atoms with E-state index < -0.39 is 14.6 Å². The monoisotopic (exact) mass is 478 g/mol. The molecule has 0 radical (unpaired) electrons. The average Bonchev–Trinajstić information content (AvgIpc) is 2.93. The van der Waals surface area contributed by atoms with E-state index in [0.717, 1.165) is 11.9 Å². The molecule has 0 saturated carbocycles. The van der Waals surface area contributed by atoms with Crippen LogP contribution in [0, 0.1) is 0 Å². The Bertz CT molecular complexity index is 828. The summed E-state index contributed by atoms with van der Waals surface area (Å²) in [7, 11) is -1.46. The van der Waals surface area contributed by atoms with Crippen molar-refractivity contribution in [2.24, 2.45) is 4.99 Å². The number of nitrogens with zero attached hydrogens (tertiary/aromatic N) is 1. The molecule has 0 fully saturated rings. The number of aromatic amines is 1. The van der Waals surface area contributed by atoms with E-state index in [0.29, 0.717) is 19.0 Å². The minimum Gasteiger partial charge on any atom is -0.361 e. The molecule has 0 aliphatic carbocycles. The smallest absolute Gasteiger partial charge is 0.191 e. The summed E-state index contributed by atoms with van der Waals surface area (Å²) in [5, 5.41) is 7.53. The number of hydrogen-bond acceptors (Lipinski definition) is 3. The SMILES string of the molecule is CN=C(NCCc1c[nH]c2ccccc12)NCC(C)(C)S(C)(=O)=O.I. The summed E-state index contributed by atoms with van der Waals surface area (Å²) in [6.07, 6.45) is 4.12. The van der Waals surface area contributed by atoms with Crippen LogP contribution in [-0.4, -0.2) is 50.5 Å². The normalized spacial score (nSPS) is 12.7. The first kappa shape index (κ1) is 21.8. The minimum absolute atomic E-state index is 0. The number of hydrogen-bond donors (Lipinski definition) is 3. The summed E-state index contributed by atoms with van der Waals surface area (Å²) >= 11 is 0. The second-order valence-electron chi connectivity index (χ2n) is 6.49. The number of aromatic nitrogens is 1. The lowest BCUT2D eigenvalue weighted by Crippen LogP contribution is -2.48. The summed E-state index contributed by atoms with van der Waals surface area (Å²) in [4.78, 5) is 7.41. The van der Waals surface area contributed by atoms with E-state index in [9.17, 15) is 8.42 Å². The molecule has 1 aromatic heterocycles. The molecule has 6 nitrogen and oxygen atoms in total. The molecule has 2 aromatic rings. The molecule has 0 bridgehead atoms. The van der Waals surface area contributed by atoms with Gasteiger partial charge in [0.25, 0.3) is 0 Å². The summed E-state index contributed by atoms with van der Waals surface area (Å²) < 4.78 is 22.6. The molecule has 25 heavy (non-hydrogen) atoms. The predicted octanol–water partition coefficient (Wildman–Crippen LogP) is 2.32. The van der Waals surface area contributed by atoms with Gasteiger partial charge >= 0.3 is 0 Å². The maximum atomic E-state index is 11.7. The van der Waals surface area contributed by atoms with Crippen molar-refractivity contribution in [2.45, 2.75) is 25.0 Å². The van der Waals surface area contributed by atoms with Crippen LogP contribution in [0.25, 0.3) is 10.9 Å². The van der Waals surface area contributed by atoms with Crippen LogP contribution in [0.4, 0.5) is 0 Å². The topological polar surface area (TPSA) is 86.3 Å². The third-order valence-corrected chi connectivity index (χ3v) is 6.42. The van der Waals surface area contributed by atoms with Crippen molar-refractivity contribution in [1.29, 1.82) is 0 Å². The van der Waals surface area contributed by atoms with Crippen LogP contribution >= 0.6 is 24.0 Å². The maximum absolute atomic E-state index is 11.7. The largest absolute Gasteiger partial charge is 0.361 e. The molecule has 0 amide bonds. The number of para-hydroxylation sites is 1. The fourth-order valence-corrected chi connectivity index (χ4v) is 2.64. The lowest BCUT2D eigenvalue weighted by molar-refractivity contribution is 0.544. The van der Waals surface area contributed by atoms with Crippen molar-refractivity contribution in [1.82, 2.24) is 15.6 Å². The van der Waals surface area contributed by atoms with E-state index in [-0.39, 0.29) is 24.0 Å². The standard InChI is InChI=1S/C17H26N4O2S.HI/c1-17(2,24(4,22)23)12-21-16(18-3)19-10-9-13-11-20-15-8-6-5-7-14(13)15;/h5-8,11,20H,9-10,12H2,1-4H3,(H2,18,19,21);1H. The van der Waals surface area contributed by atoms with Gasteiger partial charge in [-0.3, -0.25) is 4.99 Å². The van der Waals surface area contributed by atoms with Crippen LogP contribution < -0.4 is 10.6 Å². The third-order valence-electron chi connectivity index (χ3n) is 4.27. The van der Waals surface area contributed by atoms with Gasteiger partial charge < -0.3 is 15.6 Å². The Morgan fingerprint density at radius 2 is 1.92 bits per heavy atom. The van der Waals surface area contributed by atoms with E-state index in [4.69, 9.17) is 0 Å². The van der Waals surface area contributed by atoms with Gasteiger partial charge in [0, 0.05) is 43.5 Å². The number of benzene rings is 1. The summed E-state index contributed by atoms with van der Waals surface area (Å²) in [5.74, 6) is 0.603. The zero-order valence-electron chi connectivity index (χ0n) is 15.1. The minimum atomic E-state index is -3.14. The number of guanidine groups is 1. The van der Waals surface area contributed by atoms with Gasteiger partial charge in [0.2, 0.25) is 0 Å². The second kappa shape index (κ2) is 8.88. The average molecular weight is 478 g/mol. The Morgan fingerprint density at radius 3 is 2.56 bits per heavy atom. The predicted molar refractivity (Wildman–Crippen MR) is 116 cm³/mol. The van der Waals surface area contributed by atoms with Gasteiger partial charge in [0.15, 0.2) is 15.8 Å². The van der Waals surface area contributed by atoms with Gasteiger partial charge in [-0.1, -0.05) is 18.2 Å². The van der Waals surface area contributed by atoms with Crippen molar-refractivity contribution in [3.8, 4) is 0 Å². The molecule has 0 spiro atoms. The molecule has 0 aliphatic heterocycles. The summed E-state index contributed by atoms with van der Waals surface area (Å²) in [6, 6.07) is 8.19. The molecule has 0 unspecified atom stereocenters. The van der Waals surface area contributed by atoms with E-state index in [1.807, 2.05) is 18.3 Å². The third kappa shape index (κ3) is 5.60. The first-order valence-electron chi connectivity index (χ1n) is 7.94. The zero-order chi connectivity index (χ0) is 17.8. The van der Waals surface area contributed by atoms with Gasteiger partial charge in [-0.05, 0) is 31.9 Å². The van der Waals surface area contributed by atoms with Gasteiger partial charge in [-0.15, -0.1) is 24.0 Å². The number of aliphatic imine (C=N–C) groups is 1. The van der Waals surface area contributed by atoms with Crippen LogP contribution in [0.2, 0.25) is 0 Å². The Hall–Kier alpha value is -1.29. The van der Waals surface area contributed by atoms with Crippen molar-refractivity contribution in [2.75, 3.05) is 26.4 Å². The van der Waals surface area contributed by atoms with Crippen LogP contribution in [0.5, 0.6) is 0 Å². The molecule has 2 rings (SSSR count). The Morgan fingerprint density at radius 1 is 1.24 bits per heavy atom. The van der Waals surface area contributed by atoms with E-state index in [2.05, 4.69) is 32.7 Å². The number of nitrogens with one attached hydrogen (secondary N) is 3. The molecule has 3 N–H and O–H groups in total. The lowest BCUT2D eigenvalue weighted by Gasteiger charge is -2.24. The highest BCUT2D eigenvalue weighted by Gasteiger charge is 2.30. The number of sulfone groups is 1. The lowest BCUT2D eigenvalue weighted by atomic mass is 10.1. The van der Waals surface area contributed by atoms with Crippen molar-refractivity contribution in [3.63, 3.8) is 0 Å². The Kier molecular flexibility index (Phi) is 7.73. The number of halogens is 1. The molecule has 1 heterocycles. The summed E-state index contributed by atoms with van der Waals surface area (Å²) in [5.41, 5.74) is 2.37. The first-order chi connectivity index (χ1) is 11.2. The summed E-state index contributed by atoms with van der Waals surface area (Å²) in [6.45, 7) is 4.42. The van der Waals surface area contributed by atoms with Gasteiger partial charge in [0.1, 0.15) is 0 Å². The molecule has 1 aromatic carbocycles. The van der Waals surface area contributed by atoms with Crippen LogP contribution in [0.15, 0.2) is 35.5 Å². The molecular weight excluding hydrogens is 451 g/mol. The van der Waals surface area contributed by atoms with Crippen LogP contribution in [0.1, 0.15) is 19.4 Å². The first-order valence-corrected chi connectivity index (χ1v) is 9.83. The maximum Gasteiger partial charge on any atom is 0.191 e. The van der Waals surface area contributed by atoms with Gasteiger partial charge in [0.05, 0.1) is 4.75 Å². The molecule has 140 valence electrons. The molecule has 0 atom stereocenters. The Balaban J connectivity index is 0.00000312. The Labute approximate surface area is 166 Å². The molecule has 0 saturated heterocycles. The molecule has 8 heteroatoms. The van der Waals surface area contributed by atoms with E-state index >= 15 is 0 Å². The highest BCUT2D eigenvalue weighted by Crippen LogP contribution is 2.17. The van der Waals surface area contributed by atoms with Gasteiger partial charge in [-0.25, -0.2) is 8.42 Å². The van der Waals surface area contributed by atoms with E-state index in [1.54, 1.807) is 20.9 Å². The second-order valence-corrected chi connectivity index (χ2v) is 9.14. The number of fused-ring (bicyclic) bond motifs is 1. The quantitative estimate of drug-likeness (QED) is 0.338. The van der Waals surface area contributed by atoms with Crippen molar-refractivity contribution < 1.29 is 8.42 Å².